The second-order valence-electron chi connectivity index (χ2n) is 10.7. The third-order valence-corrected chi connectivity index (χ3v) is 8.42. The first-order chi connectivity index (χ1) is 18.3. The van der Waals surface area contributed by atoms with Crippen molar-refractivity contribution in [2.75, 3.05) is 57.3 Å². The number of aliphatic hydroxyl groups is 1. The number of amides is 3. The van der Waals surface area contributed by atoms with E-state index < -0.39 is 6.61 Å². The Labute approximate surface area is 223 Å². The molecule has 5 rings (SSSR count). The summed E-state index contributed by atoms with van der Waals surface area (Å²) in [5, 5.41) is 13.8. The average Bonchev–Trinajstić information content (AvgIpc) is 3.53. The van der Waals surface area contributed by atoms with E-state index in [0.717, 1.165) is 43.6 Å². The lowest BCUT2D eigenvalue weighted by Crippen LogP contribution is -2.56. The van der Waals surface area contributed by atoms with Gasteiger partial charge in [0.1, 0.15) is 13.2 Å². The number of piperazine rings is 2. The normalized spacial score (nSPS) is 19.6. The van der Waals surface area contributed by atoms with Gasteiger partial charge in [0.15, 0.2) is 5.69 Å². The molecule has 3 aliphatic rings. The lowest BCUT2D eigenvalue weighted by atomic mass is 10.1. The number of carbonyl (C=O) groups is 3. The maximum atomic E-state index is 13.5. The first-order valence-corrected chi connectivity index (χ1v) is 13.7. The summed E-state index contributed by atoms with van der Waals surface area (Å²) in [6, 6.07) is 6.18. The molecule has 0 bridgehead atoms. The summed E-state index contributed by atoms with van der Waals surface area (Å²) in [7, 11) is 0. The Hall–Kier alpha value is -3.40. The molecule has 2 saturated heterocycles. The number of nitrogens with zero attached hydrogens (tertiary/aromatic N) is 6. The Morgan fingerprint density at radius 1 is 0.974 bits per heavy atom. The molecule has 10 nitrogen and oxygen atoms in total. The van der Waals surface area contributed by atoms with E-state index in [2.05, 4.69) is 42.0 Å². The van der Waals surface area contributed by atoms with Gasteiger partial charge in [-0.15, -0.1) is 0 Å². The Bertz CT molecular complexity index is 1230. The predicted octanol–water partition coefficient (Wildman–Crippen LogP) is 1.00. The molecule has 2 aromatic rings. The van der Waals surface area contributed by atoms with E-state index >= 15 is 0 Å². The Balaban J connectivity index is 1.24. The van der Waals surface area contributed by atoms with E-state index in [1.807, 2.05) is 11.8 Å². The molecule has 0 saturated carbocycles. The topological polar surface area (TPSA) is 102 Å². The van der Waals surface area contributed by atoms with Crippen molar-refractivity contribution in [3.63, 3.8) is 0 Å². The third kappa shape index (κ3) is 4.89. The minimum atomic E-state index is -0.521. The van der Waals surface area contributed by atoms with E-state index in [1.165, 1.54) is 16.8 Å². The smallest absolute Gasteiger partial charge is 0.275 e. The highest BCUT2D eigenvalue weighted by atomic mass is 16.3. The Morgan fingerprint density at radius 3 is 2.42 bits per heavy atom. The first-order valence-electron chi connectivity index (χ1n) is 13.7. The van der Waals surface area contributed by atoms with E-state index in [9.17, 15) is 14.4 Å². The summed E-state index contributed by atoms with van der Waals surface area (Å²) in [4.78, 5) is 46.3. The van der Waals surface area contributed by atoms with Crippen LogP contribution in [0.2, 0.25) is 0 Å². The lowest BCUT2D eigenvalue weighted by molar-refractivity contribution is -0.136. The van der Waals surface area contributed by atoms with Gasteiger partial charge in [0.05, 0.1) is 0 Å². The fraction of sp³-hybridized carbons (Fsp3) is 0.571. The number of fused-ring (bicyclic) bond motifs is 1. The number of carbonyl (C=O) groups excluding carboxylic acids is 3. The molecule has 204 valence electrons. The molecule has 10 heteroatoms. The maximum Gasteiger partial charge on any atom is 0.275 e. The molecule has 1 aromatic heterocycles. The number of aliphatic hydroxyl groups excluding tert-OH is 1. The minimum absolute atomic E-state index is 0.0336. The third-order valence-electron chi connectivity index (χ3n) is 8.42. The zero-order valence-electron chi connectivity index (χ0n) is 22.6. The van der Waals surface area contributed by atoms with Gasteiger partial charge in [0, 0.05) is 68.8 Å². The summed E-state index contributed by atoms with van der Waals surface area (Å²) in [6.45, 7) is 9.90. The standard InChI is InChI=1S/C28H38N6O4/c1-19-6-4-8-23(21(19)3)30-10-12-31(13-11-30)25(36)17-34-24-9-5-7-22(24)27(29-34)28(38)33-15-14-32(16-20(33)2)26(37)18-35/h4,6,8,20,35H,5,7,9-18H2,1-3H3. The van der Waals surface area contributed by atoms with Crippen molar-refractivity contribution in [3.05, 3.63) is 46.3 Å². The number of anilines is 1. The van der Waals surface area contributed by atoms with Crippen molar-refractivity contribution in [1.82, 2.24) is 24.5 Å². The van der Waals surface area contributed by atoms with Gasteiger partial charge in [-0.2, -0.15) is 5.10 Å². The summed E-state index contributed by atoms with van der Waals surface area (Å²) in [5.74, 6) is -0.422. The average molecular weight is 523 g/mol. The fourth-order valence-corrected chi connectivity index (χ4v) is 6.04. The van der Waals surface area contributed by atoms with Gasteiger partial charge in [0.25, 0.3) is 5.91 Å². The Kier molecular flexibility index (Phi) is 7.43. The minimum Gasteiger partial charge on any atom is -0.387 e. The molecule has 1 N–H and O–H groups in total. The van der Waals surface area contributed by atoms with Crippen LogP contribution in [0, 0.1) is 13.8 Å². The van der Waals surface area contributed by atoms with Gasteiger partial charge < -0.3 is 24.7 Å². The molecular weight excluding hydrogens is 484 g/mol. The Morgan fingerprint density at radius 2 is 1.71 bits per heavy atom. The van der Waals surface area contributed by atoms with E-state index in [-0.39, 0.29) is 30.3 Å². The zero-order chi connectivity index (χ0) is 27.0. The van der Waals surface area contributed by atoms with Crippen LogP contribution in [0.4, 0.5) is 5.69 Å². The van der Waals surface area contributed by atoms with Crippen LogP contribution in [0.25, 0.3) is 0 Å². The highest BCUT2D eigenvalue weighted by molar-refractivity contribution is 5.95. The van der Waals surface area contributed by atoms with Crippen molar-refractivity contribution < 1.29 is 19.5 Å². The molecule has 1 aromatic carbocycles. The number of aryl methyl sites for hydroxylation is 1. The van der Waals surface area contributed by atoms with Gasteiger partial charge >= 0.3 is 0 Å². The molecule has 0 radical (unpaired) electrons. The summed E-state index contributed by atoms with van der Waals surface area (Å²) in [6.07, 6.45) is 2.55. The van der Waals surface area contributed by atoms with Crippen molar-refractivity contribution in [3.8, 4) is 0 Å². The van der Waals surface area contributed by atoms with Crippen LogP contribution < -0.4 is 4.90 Å². The molecule has 1 aliphatic carbocycles. The highest BCUT2D eigenvalue weighted by Crippen LogP contribution is 2.28. The number of benzene rings is 1. The van der Waals surface area contributed by atoms with Crippen LogP contribution in [0.1, 0.15) is 46.2 Å². The molecule has 2 aliphatic heterocycles. The predicted molar refractivity (Wildman–Crippen MR) is 143 cm³/mol. The van der Waals surface area contributed by atoms with E-state index in [0.29, 0.717) is 38.4 Å². The van der Waals surface area contributed by atoms with Crippen LogP contribution in [0.3, 0.4) is 0 Å². The molecule has 1 unspecified atom stereocenters. The number of aromatic nitrogens is 2. The van der Waals surface area contributed by atoms with Crippen molar-refractivity contribution in [2.24, 2.45) is 0 Å². The number of rotatable bonds is 5. The largest absolute Gasteiger partial charge is 0.387 e. The van der Waals surface area contributed by atoms with E-state index in [4.69, 9.17) is 5.11 Å². The molecule has 0 spiro atoms. The number of hydrogen-bond acceptors (Lipinski definition) is 6. The van der Waals surface area contributed by atoms with Gasteiger partial charge in [-0.25, -0.2) is 0 Å². The molecule has 3 amide bonds. The second kappa shape index (κ2) is 10.8. The van der Waals surface area contributed by atoms with Gasteiger partial charge in [-0.1, -0.05) is 12.1 Å². The van der Waals surface area contributed by atoms with E-state index in [1.54, 1.807) is 14.5 Å². The summed E-state index contributed by atoms with van der Waals surface area (Å²) >= 11 is 0. The SMILES string of the molecule is Cc1cccc(N2CCN(C(=O)Cn3nc(C(=O)N4CCN(C(=O)CO)CC4C)c4c3CCC4)CC2)c1C. The van der Waals surface area contributed by atoms with Gasteiger partial charge in [-0.05, 0) is 57.2 Å². The summed E-state index contributed by atoms with van der Waals surface area (Å²) < 4.78 is 1.76. The monoisotopic (exact) mass is 522 g/mol. The van der Waals surface area contributed by atoms with Crippen molar-refractivity contribution in [1.29, 1.82) is 0 Å². The van der Waals surface area contributed by atoms with Crippen LogP contribution in [-0.2, 0) is 29.0 Å². The second-order valence-corrected chi connectivity index (χ2v) is 10.7. The molecule has 1 atom stereocenters. The highest BCUT2D eigenvalue weighted by Gasteiger charge is 2.35. The molecule has 2 fully saturated rings. The number of hydrogen-bond donors (Lipinski definition) is 1. The van der Waals surface area contributed by atoms with Gasteiger partial charge in [-0.3, -0.25) is 19.1 Å². The van der Waals surface area contributed by atoms with Crippen LogP contribution in [0.15, 0.2) is 18.2 Å². The van der Waals surface area contributed by atoms with Gasteiger partial charge in [0.2, 0.25) is 11.8 Å². The van der Waals surface area contributed by atoms with Crippen molar-refractivity contribution in [2.45, 2.75) is 52.6 Å². The first kappa shape index (κ1) is 26.2. The van der Waals surface area contributed by atoms with Crippen LogP contribution >= 0.6 is 0 Å². The zero-order valence-corrected chi connectivity index (χ0v) is 22.6. The fourth-order valence-electron chi connectivity index (χ4n) is 6.04. The summed E-state index contributed by atoms with van der Waals surface area (Å²) in [5.41, 5.74) is 6.20. The molecule has 38 heavy (non-hydrogen) atoms. The quantitative estimate of drug-likeness (QED) is 0.629. The van der Waals surface area contributed by atoms with Crippen LogP contribution in [-0.4, -0.2) is 106 Å². The molecule has 3 heterocycles. The maximum absolute atomic E-state index is 13.5. The lowest BCUT2D eigenvalue weighted by Gasteiger charge is -2.39. The van der Waals surface area contributed by atoms with Crippen molar-refractivity contribution >= 4 is 23.4 Å². The van der Waals surface area contributed by atoms with Crippen LogP contribution in [0.5, 0.6) is 0 Å². The molecular formula is C28H38N6O4.